The van der Waals surface area contributed by atoms with Gasteiger partial charge in [-0.25, -0.2) is 0 Å². The van der Waals surface area contributed by atoms with E-state index in [-0.39, 0.29) is 0 Å². The van der Waals surface area contributed by atoms with Crippen LogP contribution in [0.5, 0.6) is 5.75 Å². The minimum absolute atomic E-state index is 0.597. The molecule has 3 heteroatoms. The van der Waals surface area contributed by atoms with Crippen LogP contribution < -0.4 is 10.1 Å². The molecule has 1 rings (SSSR count). The van der Waals surface area contributed by atoms with E-state index in [1.54, 1.807) is 6.07 Å². The molecule has 1 aromatic carbocycles. The number of nitriles is 1. The molecule has 1 N–H and O–H groups in total. The van der Waals surface area contributed by atoms with Crippen LogP contribution >= 0.6 is 0 Å². The van der Waals surface area contributed by atoms with E-state index in [4.69, 9.17) is 10.00 Å². The fraction of sp³-hybridized carbons (Fsp3) is 0.462. The summed E-state index contributed by atoms with van der Waals surface area (Å²) in [5, 5.41) is 12.2. The van der Waals surface area contributed by atoms with Crippen LogP contribution in [0.25, 0.3) is 0 Å². The number of hydrogen-bond acceptors (Lipinski definition) is 3. The summed E-state index contributed by atoms with van der Waals surface area (Å²) in [7, 11) is 0. The van der Waals surface area contributed by atoms with E-state index in [2.05, 4.69) is 18.3 Å². The van der Waals surface area contributed by atoms with Gasteiger partial charge in [0, 0.05) is 6.54 Å². The highest BCUT2D eigenvalue weighted by Gasteiger charge is 2.05. The van der Waals surface area contributed by atoms with Crippen molar-refractivity contribution in [2.45, 2.75) is 20.3 Å². The monoisotopic (exact) mass is 218 g/mol. The van der Waals surface area contributed by atoms with Gasteiger partial charge in [0.15, 0.2) is 0 Å². The maximum Gasteiger partial charge on any atom is 0.140 e. The number of nitrogens with one attached hydrogen (secondary N) is 1. The second kappa shape index (κ2) is 6.86. The molecule has 0 heterocycles. The smallest absolute Gasteiger partial charge is 0.140 e. The van der Waals surface area contributed by atoms with Crippen LogP contribution in [0, 0.1) is 18.3 Å². The van der Waals surface area contributed by atoms with Crippen LogP contribution in [0.1, 0.15) is 24.5 Å². The molecule has 0 unspecified atom stereocenters. The molecule has 16 heavy (non-hydrogen) atoms. The zero-order chi connectivity index (χ0) is 11.8. The van der Waals surface area contributed by atoms with Crippen molar-refractivity contribution in [2.24, 2.45) is 0 Å². The summed E-state index contributed by atoms with van der Waals surface area (Å²) in [5.41, 5.74) is 1.62. The average molecular weight is 218 g/mol. The van der Waals surface area contributed by atoms with E-state index in [9.17, 15) is 0 Å². The van der Waals surface area contributed by atoms with E-state index < -0.39 is 0 Å². The fourth-order valence-corrected chi connectivity index (χ4v) is 1.46. The standard InChI is InChI=1S/C13H18N2O/c1-3-7-15-8-9-16-13-11(2)5-4-6-12(13)10-14/h4-6,15H,3,7-9H2,1-2H3. The Kier molecular flexibility index (Phi) is 5.38. The van der Waals surface area contributed by atoms with Crippen LogP contribution in [-0.2, 0) is 0 Å². The molecule has 0 saturated heterocycles. The average Bonchev–Trinajstić information content (AvgIpc) is 2.30. The van der Waals surface area contributed by atoms with E-state index >= 15 is 0 Å². The summed E-state index contributed by atoms with van der Waals surface area (Å²) in [6.07, 6.45) is 1.12. The van der Waals surface area contributed by atoms with Crippen molar-refractivity contribution in [1.82, 2.24) is 5.32 Å². The second-order valence-corrected chi connectivity index (χ2v) is 3.66. The highest BCUT2D eigenvalue weighted by atomic mass is 16.5. The van der Waals surface area contributed by atoms with Gasteiger partial charge in [-0.1, -0.05) is 19.1 Å². The van der Waals surface area contributed by atoms with Crippen LogP contribution in [0.15, 0.2) is 18.2 Å². The Hall–Kier alpha value is -1.53. The second-order valence-electron chi connectivity index (χ2n) is 3.66. The van der Waals surface area contributed by atoms with Gasteiger partial charge in [0.1, 0.15) is 18.4 Å². The van der Waals surface area contributed by atoms with Crippen molar-refractivity contribution < 1.29 is 4.74 Å². The van der Waals surface area contributed by atoms with Gasteiger partial charge < -0.3 is 10.1 Å². The van der Waals surface area contributed by atoms with Gasteiger partial charge in [0.05, 0.1) is 5.56 Å². The SMILES string of the molecule is CCCNCCOc1c(C)cccc1C#N. The molecule has 0 spiro atoms. The number of aryl methyl sites for hydroxylation is 1. The third kappa shape index (κ3) is 3.56. The Labute approximate surface area is 97.0 Å². The molecule has 0 radical (unpaired) electrons. The lowest BCUT2D eigenvalue weighted by molar-refractivity contribution is 0.311. The molecule has 0 aliphatic heterocycles. The molecule has 3 nitrogen and oxygen atoms in total. The first kappa shape index (κ1) is 12.5. The third-order valence-corrected chi connectivity index (χ3v) is 2.28. The van der Waals surface area contributed by atoms with Crippen LogP contribution in [0.4, 0.5) is 0 Å². The number of nitrogens with zero attached hydrogens (tertiary/aromatic N) is 1. The van der Waals surface area contributed by atoms with E-state index in [0.29, 0.717) is 17.9 Å². The van der Waals surface area contributed by atoms with Gasteiger partial charge in [0.25, 0.3) is 0 Å². The topological polar surface area (TPSA) is 45.0 Å². The third-order valence-electron chi connectivity index (χ3n) is 2.28. The maximum atomic E-state index is 8.94. The zero-order valence-electron chi connectivity index (χ0n) is 9.92. The van der Waals surface area contributed by atoms with Gasteiger partial charge in [-0.3, -0.25) is 0 Å². The highest BCUT2D eigenvalue weighted by molar-refractivity contribution is 5.47. The summed E-state index contributed by atoms with van der Waals surface area (Å²) in [6, 6.07) is 7.75. The number of para-hydroxylation sites is 1. The van der Waals surface area contributed by atoms with Gasteiger partial charge in [0.2, 0.25) is 0 Å². The minimum atomic E-state index is 0.597. The van der Waals surface area contributed by atoms with Crippen molar-refractivity contribution in [1.29, 1.82) is 5.26 Å². The molecule has 0 aliphatic rings. The van der Waals surface area contributed by atoms with Gasteiger partial charge >= 0.3 is 0 Å². The number of hydrogen-bond donors (Lipinski definition) is 1. The normalized spacial score (nSPS) is 9.81. The van der Waals surface area contributed by atoms with Crippen molar-refractivity contribution in [2.75, 3.05) is 19.7 Å². The summed E-state index contributed by atoms with van der Waals surface area (Å²) in [4.78, 5) is 0. The predicted octanol–water partition coefficient (Wildman–Crippen LogP) is 2.25. The molecule has 0 aliphatic carbocycles. The quantitative estimate of drug-likeness (QED) is 0.745. The molecule has 1 aromatic rings. The first-order valence-corrected chi connectivity index (χ1v) is 5.62. The molecular formula is C13H18N2O. The van der Waals surface area contributed by atoms with Gasteiger partial charge in [-0.15, -0.1) is 0 Å². The lowest BCUT2D eigenvalue weighted by atomic mass is 10.1. The number of ether oxygens (including phenoxy) is 1. The Morgan fingerprint density at radius 2 is 2.19 bits per heavy atom. The molecule has 0 atom stereocenters. The molecular weight excluding hydrogens is 200 g/mol. The van der Waals surface area contributed by atoms with E-state index in [1.807, 2.05) is 19.1 Å². The van der Waals surface area contributed by atoms with Crippen molar-refractivity contribution in [3.63, 3.8) is 0 Å². The number of benzene rings is 1. The highest BCUT2D eigenvalue weighted by Crippen LogP contribution is 2.22. The van der Waals surface area contributed by atoms with Gasteiger partial charge in [-0.2, -0.15) is 5.26 Å². The molecule has 0 fully saturated rings. The lowest BCUT2D eigenvalue weighted by Crippen LogP contribution is -2.21. The molecule has 0 aromatic heterocycles. The Morgan fingerprint density at radius 3 is 2.88 bits per heavy atom. The van der Waals surface area contributed by atoms with Crippen molar-refractivity contribution >= 4 is 0 Å². The van der Waals surface area contributed by atoms with Crippen LogP contribution in [0.3, 0.4) is 0 Å². The first-order valence-electron chi connectivity index (χ1n) is 5.62. The molecule has 0 bridgehead atoms. The Balaban J connectivity index is 2.50. The maximum absolute atomic E-state index is 8.94. The number of rotatable bonds is 6. The van der Waals surface area contributed by atoms with Crippen molar-refractivity contribution in [3.8, 4) is 11.8 Å². The predicted molar refractivity (Wildman–Crippen MR) is 64.5 cm³/mol. The van der Waals surface area contributed by atoms with Gasteiger partial charge in [-0.05, 0) is 31.5 Å². The molecule has 0 saturated carbocycles. The Morgan fingerprint density at radius 1 is 1.38 bits per heavy atom. The van der Waals surface area contributed by atoms with Crippen molar-refractivity contribution in [3.05, 3.63) is 29.3 Å². The summed E-state index contributed by atoms with van der Waals surface area (Å²) in [5.74, 6) is 0.711. The minimum Gasteiger partial charge on any atom is -0.491 e. The zero-order valence-corrected chi connectivity index (χ0v) is 9.92. The summed E-state index contributed by atoms with van der Waals surface area (Å²) < 4.78 is 5.62. The van der Waals surface area contributed by atoms with E-state index in [0.717, 1.165) is 25.1 Å². The fourth-order valence-electron chi connectivity index (χ4n) is 1.46. The van der Waals surface area contributed by atoms with Crippen LogP contribution in [0.2, 0.25) is 0 Å². The summed E-state index contributed by atoms with van der Waals surface area (Å²) >= 11 is 0. The molecule has 0 amide bonds. The largest absolute Gasteiger partial charge is 0.491 e. The van der Waals surface area contributed by atoms with E-state index in [1.165, 1.54) is 0 Å². The first-order chi connectivity index (χ1) is 7.79. The van der Waals surface area contributed by atoms with Crippen LogP contribution in [-0.4, -0.2) is 19.7 Å². The molecule has 86 valence electrons. The lowest BCUT2D eigenvalue weighted by Gasteiger charge is -2.10. The Bertz CT molecular complexity index is 369. The summed E-state index contributed by atoms with van der Waals surface area (Å²) in [6.45, 7) is 6.49.